The Balaban J connectivity index is 0.00000312. The maximum absolute atomic E-state index is 13.3. The molecule has 1 saturated heterocycles. The lowest BCUT2D eigenvalue weighted by atomic mass is 10.0. The van der Waals surface area contributed by atoms with Crippen molar-refractivity contribution in [3.05, 3.63) is 29.6 Å². The molecule has 3 N–H and O–H groups in total. The third kappa shape index (κ3) is 6.97. The van der Waals surface area contributed by atoms with E-state index in [2.05, 4.69) is 27.4 Å². The molecule has 0 radical (unpaired) electrons. The van der Waals surface area contributed by atoms with Crippen LogP contribution in [0.1, 0.15) is 38.2 Å². The molecular weight excluding hydrogens is 434 g/mol. The SMILES string of the molecule is CCC1CCCCN1CCNC(=NC)NCc1ccc(O)c(F)c1.I. The molecule has 142 valence electrons. The van der Waals surface area contributed by atoms with Crippen LogP contribution in [0.5, 0.6) is 5.75 Å². The number of hydrogen-bond acceptors (Lipinski definition) is 3. The number of phenolic OH excluding ortho intramolecular Hbond substituents is 1. The second-order valence-corrected chi connectivity index (χ2v) is 6.23. The number of halogens is 2. The topological polar surface area (TPSA) is 59.9 Å². The van der Waals surface area contributed by atoms with Crippen LogP contribution in [-0.4, -0.2) is 48.7 Å². The summed E-state index contributed by atoms with van der Waals surface area (Å²) in [5.41, 5.74) is 0.760. The van der Waals surface area contributed by atoms with Gasteiger partial charge < -0.3 is 15.7 Å². The summed E-state index contributed by atoms with van der Waals surface area (Å²) in [5, 5.41) is 15.7. The molecule has 1 unspecified atom stereocenters. The summed E-state index contributed by atoms with van der Waals surface area (Å²) in [6.07, 6.45) is 5.14. The fourth-order valence-corrected chi connectivity index (χ4v) is 3.20. The van der Waals surface area contributed by atoms with Gasteiger partial charge in [0, 0.05) is 32.7 Å². The Morgan fingerprint density at radius 1 is 1.36 bits per heavy atom. The molecule has 1 atom stereocenters. The highest BCUT2D eigenvalue weighted by atomic mass is 127. The summed E-state index contributed by atoms with van der Waals surface area (Å²) in [6, 6.07) is 5.09. The maximum atomic E-state index is 13.3. The molecular formula is C18H30FIN4O. The van der Waals surface area contributed by atoms with Crippen molar-refractivity contribution in [1.29, 1.82) is 0 Å². The van der Waals surface area contributed by atoms with Crippen molar-refractivity contribution in [2.24, 2.45) is 4.99 Å². The molecule has 7 heteroatoms. The lowest BCUT2D eigenvalue weighted by Crippen LogP contribution is -2.45. The van der Waals surface area contributed by atoms with Gasteiger partial charge in [-0.3, -0.25) is 9.89 Å². The fraction of sp³-hybridized carbons (Fsp3) is 0.611. The molecule has 0 bridgehead atoms. The monoisotopic (exact) mass is 464 g/mol. The minimum Gasteiger partial charge on any atom is -0.505 e. The Hall–Kier alpha value is -1.09. The number of piperidine rings is 1. The van der Waals surface area contributed by atoms with Crippen molar-refractivity contribution in [3.8, 4) is 5.75 Å². The van der Waals surface area contributed by atoms with E-state index in [0.717, 1.165) is 18.7 Å². The number of guanidine groups is 1. The lowest BCUT2D eigenvalue weighted by Gasteiger charge is -2.35. The van der Waals surface area contributed by atoms with Gasteiger partial charge in [-0.25, -0.2) is 4.39 Å². The Morgan fingerprint density at radius 3 is 2.84 bits per heavy atom. The van der Waals surface area contributed by atoms with Gasteiger partial charge in [-0.1, -0.05) is 19.4 Å². The van der Waals surface area contributed by atoms with E-state index in [1.165, 1.54) is 44.4 Å². The first kappa shape index (κ1) is 22.0. The number of rotatable bonds is 6. The summed E-state index contributed by atoms with van der Waals surface area (Å²) in [5.74, 6) is -0.227. The van der Waals surface area contributed by atoms with Gasteiger partial charge in [-0.2, -0.15) is 0 Å². The van der Waals surface area contributed by atoms with Gasteiger partial charge in [-0.15, -0.1) is 24.0 Å². The van der Waals surface area contributed by atoms with Crippen LogP contribution in [-0.2, 0) is 6.54 Å². The lowest BCUT2D eigenvalue weighted by molar-refractivity contribution is 0.147. The number of aromatic hydroxyl groups is 1. The molecule has 1 heterocycles. The minimum absolute atomic E-state index is 0. The molecule has 1 aromatic rings. The van der Waals surface area contributed by atoms with E-state index in [-0.39, 0.29) is 29.7 Å². The van der Waals surface area contributed by atoms with Gasteiger partial charge in [-0.05, 0) is 43.5 Å². The average molecular weight is 464 g/mol. The predicted molar refractivity (Wildman–Crippen MR) is 111 cm³/mol. The summed E-state index contributed by atoms with van der Waals surface area (Å²) in [6.45, 7) is 5.73. The second-order valence-electron chi connectivity index (χ2n) is 6.23. The highest BCUT2D eigenvalue weighted by Gasteiger charge is 2.19. The molecule has 2 rings (SSSR count). The zero-order chi connectivity index (χ0) is 17.4. The third-order valence-corrected chi connectivity index (χ3v) is 4.61. The molecule has 0 saturated carbocycles. The first-order chi connectivity index (χ1) is 11.6. The van der Waals surface area contributed by atoms with E-state index in [1.807, 2.05) is 0 Å². The van der Waals surface area contributed by atoms with Crippen LogP contribution < -0.4 is 10.6 Å². The molecule has 5 nitrogen and oxygen atoms in total. The largest absolute Gasteiger partial charge is 0.505 e. The number of benzene rings is 1. The number of phenols is 1. The predicted octanol–water partition coefficient (Wildman–Crippen LogP) is 3.08. The molecule has 1 fully saturated rings. The Bertz CT molecular complexity index is 556. The first-order valence-corrected chi connectivity index (χ1v) is 8.80. The summed E-state index contributed by atoms with van der Waals surface area (Å²) in [7, 11) is 1.72. The molecule has 0 aliphatic carbocycles. The van der Waals surface area contributed by atoms with Gasteiger partial charge in [0.05, 0.1) is 0 Å². The summed E-state index contributed by atoms with van der Waals surface area (Å²) < 4.78 is 13.3. The van der Waals surface area contributed by atoms with Gasteiger partial charge in [0.1, 0.15) is 0 Å². The third-order valence-electron chi connectivity index (χ3n) is 4.61. The van der Waals surface area contributed by atoms with Crippen LogP contribution in [0.15, 0.2) is 23.2 Å². The van der Waals surface area contributed by atoms with Crippen molar-refractivity contribution >= 4 is 29.9 Å². The summed E-state index contributed by atoms with van der Waals surface area (Å²) >= 11 is 0. The minimum atomic E-state index is -0.604. The average Bonchev–Trinajstić information content (AvgIpc) is 2.61. The van der Waals surface area contributed by atoms with Crippen molar-refractivity contribution in [3.63, 3.8) is 0 Å². The zero-order valence-corrected chi connectivity index (χ0v) is 17.4. The van der Waals surface area contributed by atoms with Crippen LogP contribution in [0.4, 0.5) is 4.39 Å². The second kappa shape index (κ2) is 11.5. The van der Waals surface area contributed by atoms with E-state index in [1.54, 1.807) is 13.1 Å². The molecule has 0 amide bonds. The fourth-order valence-electron chi connectivity index (χ4n) is 3.20. The molecule has 1 aromatic carbocycles. The number of nitrogens with one attached hydrogen (secondary N) is 2. The zero-order valence-electron chi connectivity index (χ0n) is 15.1. The van der Waals surface area contributed by atoms with Crippen molar-refractivity contribution < 1.29 is 9.50 Å². The van der Waals surface area contributed by atoms with Crippen molar-refractivity contribution in [1.82, 2.24) is 15.5 Å². The quantitative estimate of drug-likeness (QED) is 0.344. The van der Waals surface area contributed by atoms with E-state index < -0.39 is 5.82 Å². The van der Waals surface area contributed by atoms with Gasteiger partial charge in [0.15, 0.2) is 17.5 Å². The first-order valence-electron chi connectivity index (χ1n) is 8.80. The van der Waals surface area contributed by atoms with Crippen LogP contribution in [0.3, 0.4) is 0 Å². The van der Waals surface area contributed by atoms with E-state index in [4.69, 9.17) is 0 Å². The number of aliphatic imine (C=N–C) groups is 1. The molecule has 25 heavy (non-hydrogen) atoms. The summed E-state index contributed by atoms with van der Waals surface area (Å²) in [4.78, 5) is 6.75. The Kier molecular flexibility index (Phi) is 10.1. The maximum Gasteiger partial charge on any atom is 0.191 e. The number of likely N-dealkylation sites (tertiary alicyclic amines) is 1. The molecule has 1 aliphatic heterocycles. The highest BCUT2D eigenvalue weighted by Crippen LogP contribution is 2.18. The highest BCUT2D eigenvalue weighted by molar-refractivity contribution is 14.0. The smallest absolute Gasteiger partial charge is 0.191 e. The Labute approximate surface area is 167 Å². The molecule has 0 spiro atoms. The van der Waals surface area contributed by atoms with E-state index >= 15 is 0 Å². The Morgan fingerprint density at radius 2 is 2.16 bits per heavy atom. The molecule has 0 aromatic heterocycles. The number of nitrogens with zero attached hydrogens (tertiary/aromatic N) is 2. The molecule has 1 aliphatic rings. The van der Waals surface area contributed by atoms with Gasteiger partial charge in [0.2, 0.25) is 0 Å². The van der Waals surface area contributed by atoms with Crippen molar-refractivity contribution in [2.75, 3.05) is 26.7 Å². The van der Waals surface area contributed by atoms with Gasteiger partial charge >= 0.3 is 0 Å². The van der Waals surface area contributed by atoms with Gasteiger partial charge in [0.25, 0.3) is 0 Å². The number of hydrogen-bond donors (Lipinski definition) is 3. The van der Waals surface area contributed by atoms with Crippen LogP contribution in [0, 0.1) is 5.82 Å². The van der Waals surface area contributed by atoms with E-state index in [9.17, 15) is 9.50 Å². The normalized spacial score (nSPS) is 18.5. The van der Waals surface area contributed by atoms with Crippen LogP contribution in [0.25, 0.3) is 0 Å². The van der Waals surface area contributed by atoms with Crippen molar-refractivity contribution in [2.45, 2.75) is 45.2 Å². The van der Waals surface area contributed by atoms with E-state index in [0.29, 0.717) is 18.5 Å². The van der Waals surface area contributed by atoms with Crippen LogP contribution in [0.2, 0.25) is 0 Å². The van der Waals surface area contributed by atoms with Crippen LogP contribution >= 0.6 is 24.0 Å². The standard InChI is InChI=1S/C18H29FN4O.HI/c1-3-15-6-4-5-10-23(15)11-9-21-18(20-2)22-13-14-7-8-17(24)16(19)12-14;/h7-8,12,15,24H,3-6,9-11,13H2,1-2H3,(H2,20,21,22);1H.